The summed E-state index contributed by atoms with van der Waals surface area (Å²) in [5.74, 6) is 1.03. The van der Waals surface area contributed by atoms with Crippen molar-refractivity contribution in [3.05, 3.63) is 59.7 Å². The predicted molar refractivity (Wildman–Crippen MR) is 116 cm³/mol. The molecule has 0 fully saturated rings. The lowest BCUT2D eigenvalue weighted by Crippen LogP contribution is -2.19. The number of amides is 2. The Balaban J connectivity index is 1.60. The van der Waals surface area contributed by atoms with Crippen LogP contribution in [0.1, 0.15) is 36.8 Å². The summed E-state index contributed by atoms with van der Waals surface area (Å²) in [6, 6.07) is 14.7. The quantitative estimate of drug-likeness (QED) is 0.338. The Morgan fingerprint density at radius 1 is 0.800 bits per heavy atom. The van der Waals surface area contributed by atoms with E-state index in [1.807, 2.05) is 48.5 Å². The van der Waals surface area contributed by atoms with Crippen LogP contribution in [0.15, 0.2) is 58.7 Å². The molecule has 158 valence electrons. The second kappa shape index (κ2) is 12.7. The van der Waals surface area contributed by atoms with Gasteiger partial charge in [0, 0.05) is 12.8 Å². The van der Waals surface area contributed by atoms with Crippen LogP contribution in [-0.4, -0.2) is 38.5 Å². The van der Waals surface area contributed by atoms with Crippen molar-refractivity contribution in [2.24, 2.45) is 10.2 Å². The van der Waals surface area contributed by atoms with Gasteiger partial charge in [0.2, 0.25) is 11.8 Å². The zero-order valence-corrected chi connectivity index (χ0v) is 17.1. The third kappa shape index (κ3) is 8.55. The van der Waals surface area contributed by atoms with Crippen molar-refractivity contribution in [2.45, 2.75) is 25.7 Å². The lowest BCUT2D eigenvalue weighted by molar-refractivity contribution is -0.123. The van der Waals surface area contributed by atoms with Crippen molar-refractivity contribution in [3.8, 4) is 11.5 Å². The van der Waals surface area contributed by atoms with E-state index in [-0.39, 0.29) is 24.7 Å². The largest absolute Gasteiger partial charge is 0.497 e. The molecule has 0 aromatic heterocycles. The van der Waals surface area contributed by atoms with E-state index in [1.54, 1.807) is 26.6 Å². The van der Waals surface area contributed by atoms with Crippen LogP contribution < -0.4 is 20.3 Å². The van der Waals surface area contributed by atoms with E-state index in [0.29, 0.717) is 12.8 Å². The number of rotatable bonds is 11. The minimum absolute atomic E-state index is 0.203. The SMILES string of the molecule is COc1cccc(/C=N\NC(=O)CCCCC(=O)N/N=C\c2cccc(OC)c2)c1. The summed E-state index contributed by atoms with van der Waals surface area (Å²) in [5, 5.41) is 7.85. The Labute approximate surface area is 176 Å². The van der Waals surface area contributed by atoms with Gasteiger partial charge in [-0.1, -0.05) is 24.3 Å². The highest BCUT2D eigenvalue weighted by Gasteiger charge is 2.03. The van der Waals surface area contributed by atoms with Gasteiger partial charge in [-0.25, -0.2) is 10.9 Å². The number of nitrogens with one attached hydrogen (secondary N) is 2. The number of unbranched alkanes of at least 4 members (excludes halogenated alkanes) is 1. The monoisotopic (exact) mass is 410 g/mol. The van der Waals surface area contributed by atoms with Crippen molar-refractivity contribution in [3.63, 3.8) is 0 Å². The number of hydrogen-bond acceptors (Lipinski definition) is 6. The van der Waals surface area contributed by atoms with Gasteiger partial charge in [-0.3, -0.25) is 9.59 Å². The van der Waals surface area contributed by atoms with Crippen molar-refractivity contribution in [1.82, 2.24) is 10.9 Å². The third-order valence-corrected chi connectivity index (χ3v) is 4.05. The first-order valence-electron chi connectivity index (χ1n) is 9.52. The molecule has 2 rings (SSSR count). The smallest absolute Gasteiger partial charge is 0.240 e. The number of benzene rings is 2. The van der Waals surface area contributed by atoms with Crippen LogP contribution in [-0.2, 0) is 9.59 Å². The molecule has 2 aromatic carbocycles. The third-order valence-electron chi connectivity index (χ3n) is 4.05. The fourth-order valence-electron chi connectivity index (χ4n) is 2.48. The molecule has 0 radical (unpaired) electrons. The second-order valence-electron chi connectivity index (χ2n) is 6.35. The standard InChI is InChI=1S/C22H26N4O4/c1-29-19-9-5-7-17(13-19)15-23-25-21(27)11-3-4-12-22(28)26-24-16-18-8-6-10-20(14-18)30-2/h5-10,13-16H,3-4,11-12H2,1-2H3,(H,25,27)(H,26,28)/b23-15-,24-16-. The van der Waals surface area contributed by atoms with E-state index in [1.165, 1.54) is 0 Å². The Morgan fingerprint density at radius 2 is 1.23 bits per heavy atom. The molecule has 0 saturated carbocycles. The summed E-state index contributed by atoms with van der Waals surface area (Å²) in [6.45, 7) is 0. The Kier molecular flexibility index (Phi) is 9.58. The van der Waals surface area contributed by atoms with Crippen molar-refractivity contribution >= 4 is 24.2 Å². The second-order valence-corrected chi connectivity index (χ2v) is 6.35. The van der Waals surface area contributed by atoms with Gasteiger partial charge in [0.15, 0.2) is 0 Å². The Hall–Kier alpha value is -3.68. The number of methoxy groups -OCH3 is 2. The average Bonchev–Trinajstić information content (AvgIpc) is 2.77. The van der Waals surface area contributed by atoms with E-state index < -0.39 is 0 Å². The first-order chi connectivity index (χ1) is 14.6. The number of carbonyl (C=O) groups is 2. The van der Waals surface area contributed by atoms with Crippen LogP contribution in [0.2, 0.25) is 0 Å². The molecule has 2 aromatic rings. The molecule has 8 heteroatoms. The number of carbonyl (C=O) groups excluding carboxylic acids is 2. The van der Waals surface area contributed by atoms with Gasteiger partial charge in [0.25, 0.3) is 0 Å². The van der Waals surface area contributed by atoms with E-state index >= 15 is 0 Å². The summed E-state index contributed by atoms with van der Waals surface area (Å²) in [6.07, 6.45) is 4.83. The van der Waals surface area contributed by atoms with Crippen LogP contribution >= 0.6 is 0 Å². The topological polar surface area (TPSA) is 101 Å². The number of hydrogen-bond donors (Lipinski definition) is 2. The molecule has 0 aliphatic rings. The number of nitrogens with zero attached hydrogens (tertiary/aromatic N) is 2. The lowest BCUT2D eigenvalue weighted by atomic mass is 10.2. The van der Waals surface area contributed by atoms with Crippen LogP contribution in [0.4, 0.5) is 0 Å². The normalized spacial score (nSPS) is 10.9. The van der Waals surface area contributed by atoms with E-state index in [4.69, 9.17) is 9.47 Å². The molecule has 0 unspecified atom stereocenters. The summed E-state index contributed by atoms with van der Waals surface area (Å²) < 4.78 is 10.3. The first-order valence-corrected chi connectivity index (χ1v) is 9.52. The van der Waals surface area contributed by atoms with Crippen molar-refractivity contribution < 1.29 is 19.1 Å². The van der Waals surface area contributed by atoms with E-state index in [2.05, 4.69) is 21.1 Å². The molecule has 0 spiro atoms. The van der Waals surface area contributed by atoms with Gasteiger partial charge < -0.3 is 9.47 Å². The molecule has 0 aliphatic heterocycles. The van der Waals surface area contributed by atoms with Gasteiger partial charge in [0.05, 0.1) is 26.6 Å². The van der Waals surface area contributed by atoms with Crippen LogP contribution in [0.5, 0.6) is 11.5 Å². The molecule has 0 atom stereocenters. The summed E-state index contributed by atoms with van der Waals surface area (Å²) in [4.78, 5) is 23.6. The predicted octanol–water partition coefficient (Wildman–Crippen LogP) is 2.86. The van der Waals surface area contributed by atoms with E-state index in [9.17, 15) is 9.59 Å². The zero-order valence-electron chi connectivity index (χ0n) is 17.1. The summed E-state index contributed by atoms with van der Waals surface area (Å²) in [5.41, 5.74) is 6.59. The molecule has 0 saturated heterocycles. The molecule has 30 heavy (non-hydrogen) atoms. The molecule has 0 aliphatic carbocycles. The average molecular weight is 410 g/mol. The molecule has 2 N–H and O–H groups in total. The maximum absolute atomic E-state index is 11.8. The fourth-order valence-corrected chi connectivity index (χ4v) is 2.48. The highest BCUT2D eigenvalue weighted by atomic mass is 16.5. The first kappa shape index (κ1) is 22.6. The maximum Gasteiger partial charge on any atom is 0.240 e. The fraction of sp³-hybridized carbons (Fsp3) is 0.273. The molecule has 8 nitrogen and oxygen atoms in total. The van der Waals surface area contributed by atoms with Gasteiger partial charge in [-0.15, -0.1) is 0 Å². The molecular weight excluding hydrogens is 384 g/mol. The lowest BCUT2D eigenvalue weighted by Gasteiger charge is -2.02. The highest BCUT2D eigenvalue weighted by Crippen LogP contribution is 2.11. The Morgan fingerprint density at radius 3 is 1.63 bits per heavy atom. The van der Waals surface area contributed by atoms with Gasteiger partial charge in [-0.2, -0.15) is 10.2 Å². The van der Waals surface area contributed by atoms with Gasteiger partial charge >= 0.3 is 0 Å². The Bertz CT molecular complexity index is 823. The number of hydrazone groups is 2. The molecule has 2 amide bonds. The van der Waals surface area contributed by atoms with Crippen molar-refractivity contribution in [2.75, 3.05) is 14.2 Å². The molecule has 0 bridgehead atoms. The zero-order chi connectivity index (χ0) is 21.6. The van der Waals surface area contributed by atoms with Crippen molar-refractivity contribution in [1.29, 1.82) is 0 Å². The molecule has 0 heterocycles. The number of ether oxygens (including phenoxy) is 2. The van der Waals surface area contributed by atoms with Crippen LogP contribution in [0.25, 0.3) is 0 Å². The maximum atomic E-state index is 11.8. The van der Waals surface area contributed by atoms with Gasteiger partial charge in [-0.05, 0) is 48.2 Å². The van der Waals surface area contributed by atoms with E-state index in [0.717, 1.165) is 22.6 Å². The minimum atomic E-state index is -0.203. The minimum Gasteiger partial charge on any atom is -0.497 e. The van der Waals surface area contributed by atoms with Crippen LogP contribution in [0, 0.1) is 0 Å². The van der Waals surface area contributed by atoms with Gasteiger partial charge in [0.1, 0.15) is 11.5 Å². The summed E-state index contributed by atoms with van der Waals surface area (Å²) in [7, 11) is 3.18. The van der Waals surface area contributed by atoms with Crippen LogP contribution in [0.3, 0.4) is 0 Å². The summed E-state index contributed by atoms with van der Waals surface area (Å²) >= 11 is 0. The highest BCUT2D eigenvalue weighted by molar-refractivity contribution is 5.83. The molecular formula is C22H26N4O4.